The maximum Gasteiger partial charge on any atom is 0.127 e. The van der Waals surface area contributed by atoms with Crippen molar-refractivity contribution < 1.29 is 0 Å². The lowest BCUT2D eigenvalue weighted by molar-refractivity contribution is 1.12. The number of thiophene rings is 2. The molecule has 0 amide bonds. The molecule has 0 saturated carbocycles. The molecule has 0 spiro atoms. The molecule has 0 N–H and O–H groups in total. The van der Waals surface area contributed by atoms with E-state index in [0.717, 1.165) is 20.4 Å². The van der Waals surface area contributed by atoms with Gasteiger partial charge in [-0.1, -0.05) is 94.0 Å². The summed E-state index contributed by atoms with van der Waals surface area (Å²) < 4.78 is 12.0. The second kappa shape index (κ2) is 83.9. The van der Waals surface area contributed by atoms with Gasteiger partial charge in [0.05, 0.1) is 50.7 Å². The van der Waals surface area contributed by atoms with Crippen LogP contribution in [0.4, 0.5) is 0 Å². The van der Waals surface area contributed by atoms with Gasteiger partial charge in [0.2, 0.25) is 0 Å². The molecule has 2 nitrogen and oxygen atoms in total. The zero-order valence-corrected chi connectivity index (χ0v) is 128. The van der Waals surface area contributed by atoms with Crippen LogP contribution in [0.15, 0.2) is 126 Å². The van der Waals surface area contributed by atoms with Crippen molar-refractivity contribution in [2.45, 2.75) is 48.0 Å². The van der Waals surface area contributed by atoms with Crippen LogP contribution >= 0.6 is 132 Å². The third-order valence-corrected chi connectivity index (χ3v) is 153. The summed E-state index contributed by atoms with van der Waals surface area (Å²) in [5.74, 6) is 0. The summed E-state index contributed by atoms with van der Waals surface area (Å²) in [4.78, 5) is 0. The van der Waals surface area contributed by atoms with Crippen LogP contribution in [-0.2, 0) is 615 Å². The number of aryl methyl sites for hydroxylation is 6. The highest BCUT2D eigenvalue weighted by molar-refractivity contribution is 14.1. The number of halogens is 6. The lowest BCUT2D eigenvalue weighted by Gasteiger charge is -2.13. The topological polar surface area (TPSA) is 9.86 Å². The quantitative estimate of drug-likeness (QED) is 0.159. The summed E-state index contributed by atoms with van der Waals surface area (Å²) in [6.07, 6.45) is 1.10. The Labute approximate surface area is 1010 Å². The Morgan fingerprint density at radius 2 is 0.445 bits per heavy atom. The number of nitrogens with zero attached hydrogens (tertiary/aromatic N) is 2. The normalized spacial score (nSPS) is 9.56. The fraction of sp³-hybridized carbons (Fsp3) is 0.137. The highest BCUT2D eigenvalue weighted by atomic mass is 127. The van der Waals surface area contributed by atoms with Crippen molar-refractivity contribution >= 4 is 784 Å². The molecule has 11 rings (SSSR count). The zero-order chi connectivity index (χ0) is 92.1. The van der Waals surface area contributed by atoms with Crippen LogP contribution in [0, 0.1) is 48.0 Å². The average Bonchev–Trinajstić information content (AvgIpc) is 1.55. The number of aromatic nitrogens is 2. The van der Waals surface area contributed by atoms with Crippen molar-refractivity contribution in [3.63, 3.8) is 0 Å². The summed E-state index contributed by atoms with van der Waals surface area (Å²) in [6.45, 7) is 13.0. The molecule has 0 saturated heterocycles. The molecule has 10 aromatic rings. The molecule has 0 unspecified atom stereocenters. The molecule has 1 aliphatic carbocycles. The van der Waals surface area contributed by atoms with Gasteiger partial charge in [0, 0.05) is 630 Å². The Bertz CT molecular complexity index is 8660. The van der Waals surface area contributed by atoms with Gasteiger partial charge in [-0.05, 0) is 228 Å². The van der Waals surface area contributed by atoms with E-state index < -0.39 is 0 Å². The van der Waals surface area contributed by atoms with Crippen LogP contribution < -0.4 is 0 Å². The number of rotatable bonds is 2. The van der Waals surface area contributed by atoms with Gasteiger partial charge in [-0.25, -0.2) is 0 Å². The lowest BCUT2D eigenvalue weighted by atomic mass is 10.0. The molecule has 0 atom stereocenters. The van der Waals surface area contributed by atoms with Gasteiger partial charge in [-0.2, -0.15) is 0 Å². The fourth-order valence-electron chi connectivity index (χ4n) is 9.03. The van der Waals surface area contributed by atoms with Crippen molar-refractivity contribution in [2.24, 2.45) is 0 Å². The molecule has 77 heteroatoms. The predicted octanol–water partition coefficient (Wildman–Crippen LogP) is 18.9. The molecular formula is C51H38Br4I2N2S69. The first kappa shape index (κ1) is 129. The molecule has 0 fully saturated rings. The summed E-state index contributed by atoms with van der Waals surface area (Å²) in [7, 11) is 105. The van der Waals surface area contributed by atoms with Crippen molar-refractivity contribution in [1.29, 1.82) is 0 Å². The maximum atomic E-state index is 4.79. The minimum absolute atomic E-state index is 1.07. The van der Waals surface area contributed by atoms with E-state index in [1.54, 1.807) is 316 Å². The van der Waals surface area contributed by atoms with E-state index in [2.05, 4.69) is 291 Å². The van der Waals surface area contributed by atoms with E-state index in [1.165, 1.54) is 172 Å². The van der Waals surface area contributed by atoms with Crippen molar-refractivity contribution in [3.05, 3.63) is 177 Å². The molecule has 4 heterocycles. The van der Waals surface area contributed by atoms with Crippen LogP contribution in [0.2, 0.25) is 0 Å². The van der Waals surface area contributed by atoms with E-state index in [-0.39, 0.29) is 0 Å². The SMILES string of the molecule is Brc1sc(I)c(I)c1Br.Cc1ccc2c(c1)-c1cc(C)ccc1C2.Cc1ccc2c(c1)c1cc(C)ccc1n2-c1sc(Br)c(Br)c1-n1c2ccc(C)cc2c2cc(C)ccc21.S=S=S=S=S=S=S=S=S.S=S=S=S=S=S=S=S=S=S=S=S=S=S=S=S=S=S=S=S=S=S=S=S=S=S=S=S.S=S=S=S=S=S=S=S=S=S=S=S=S=S=S=S=S=S=S=S=S=S=S=S=S=S=S=S=S=S. The zero-order valence-electron chi connectivity index (χ0n) is 61.4. The number of fused-ring (bicyclic) bond motifs is 9. The summed E-state index contributed by atoms with van der Waals surface area (Å²) in [6, 6.07) is 40.7. The van der Waals surface area contributed by atoms with Gasteiger partial charge < -0.3 is 4.57 Å². The van der Waals surface area contributed by atoms with Crippen molar-refractivity contribution in [1.82, 2.24) is 9.13 Å². The largest absolute Gasteiger partial charge is 0.305 e. The van der Waals surface area contributed by atoms with E-state index in [9.17, 15) is 0 Å². The highest BCUT2D eigenvalue weighted by Gasteiger charge is 2.26. The van der Waals surface area contributed by atoms with Crippen LogP contribution in [-0.4, -0.2) is 9.13 Å². The Balaban J connectivity index is 0.000000253. The molecule has 4 aromatic heterocycles. The summed E-state index contributed by atoms with van der Waals surface area (Å²) in [5, 5.41) is 6.34. The summed E-state index contributed by atoms with van der Waals surface area (Å²) >= 11 is 51.3. The Hall–Kier alpha value is 12.4. The highest BCUT2D eigenvalue weighted by Crippen LogP contribution is 2.48. The predicted molar refractivity (Wildman–Crippen MR) is 790 cm³/mol. The van der Waals surface area contributed by atoms with Crippen LogP contribution in [0.3, 0.4) is 0 Å². The number of hydrogen-bond donors (Lipinski definition) is 0. The Kier molecular flexibility index (Phi) is 84.6. The fourth-order valence-corrected chi connectivity index (χ4v) is 167. The van der Waals surface area contributed by atoms with Crippen molar-refractivity contribution in [2.75, 3.05) is 0 Å². The molecule has 0 aliphatic heterocycles. The second-order valence-electron chi connectivity index (χ2n) is 20.0. The molecule has 6 aromatic carbocycles. The van der Waals surface area contributed by atoms with Gasteiger partial charge in [-0.3, -0.25) is 4.57 Å². The third kappa shape index (κ3) is 53.8. The lowest BCUT2D eigenvalue weighted by Crippen LogP contribution is -2.00. The Morgan fingerprint density at radius 1 is 0.250 bits per heavy atom. The van der Waals surface area contributed by atoms with Crippen molar-refractivity contribution in [3.8, 4) is 21.8 Å². The monoisotopic (exact) mass is 3450 g/mol. The van der Waals surface area contributed by atoms with E-state index >= 15 is 0 Å². The third-order valence-electron chi connectivity index (χ3n) is 12.9. The summed E-state index contributed by atoms with van der Waals surface area (Å²) in [5.41, 5.74) is 19.6. The molecule has 128 heavy (non-hydrogen) atoms. The molecule has 0 radical (unpaired) electrons. The minimum atomic E-state index is 1.07. The van der Waals surface area contributed by atoms with Gasteiger partial charge in [-0.15, -0.1) is 22.7 Å². The van der Waals surface area contributed by atoms with Gasteiger partial charge in [0.25, 0.3) is 0 Å². The van der Waals surface area contributed by atoms with Crippen LogP contribution in [0.25, 0.3) is 65.4 Å². The maximum absolute atomic E-state index is 4.79. The van der Waals surface area contributed by atoms with Crippen LogP contribution in [0.1, 0.15) is 44.5 Å². The van der Waals surface area contributed by atoms with Crippen LogP contribution in [0.5, 0.6) is 0 Å². The van der Waals surface area contributed by atoms with Gasteiger partial charge >= 0.3 is 0 Å². The van der Waals surface area contributed by atoms with E-state index in [1.807, 2.05) is 195 Å². The van der Waals surface area contributed by atoms with Gasteiger partial charge in [0.15, 0.2) is 0 Å². The van der Waals surface area contributed by atoms with E-state index in [0.29, 0.717) is 0 Å². The second-order valence-corrected chi connectivity index (χ2v) is 137. The molecule has 0 bridgehead atoms. The first-order valence-corrected chi connectivity index (χ1v) is 123. The smallest absolute Gasteiger partial charge is 0.127 e. The first-order valence-electron chi connectivity index (χ1n) is 30.3. The number of hydrogen-bond acceptors (Lipinski definition) is 8. The Morgan fingerprint density at radius 3 is 0.641 bits per heavy atom. The first-order chi connectivity index (χ1) is 62.4. The van der Waals surface area contributed by atoms with E-state index in [4.69, 9.17) is 44.8 Å². The molecule has 1 aliphatic rings. The van der Waals surface area contributed by atoms with Gasteiger partial charge in [0.1, 0.15) is 5.00 Å². The molecular weight excluding hydrogens is 3430 g/mol. The molecule has 708 valence electrons. The standard InChI is InChI=1S/C32H24Br2N2S.C15H14.C4Br2I2S.S30.S28.S9/c1-17-5-9-25-21(13-17)22-14-18(2)6-10-26(22)35(25)30-29(33)31(34)37-32(30)36-27-11-7-19(3)15-23(27)24-16-20(4)8-12-28(24)36;1-10-3-5-12-9-13-6-4-11(2)8-15(13)14(12)7-10;5-1-2(7)4(8)9-3(1)6;1-3-5-7-9-11-13-15-17-19-21-23-25-27-29-30-28-26-24-22-20-18-16-14-12-10-8-6-4-2;1-3-5-7-9-11-13-15-17-19-21-23-25-27-28-26-24-22-20-18-16-14-12-10-8-6-4-2;1-3-5-7-9-8-6-4-2/h5-16H,1-4H3;3-8H,9H2,1-2H3;;;;. The number of benzene rings is 6. The minimum Gasteiger partial charge on any atom is -0.305 e. The average molecular weight is 3460 g/mol.